The summed E-state index contributed by atoms with van der Waals surface area (Å²) in [5.41, 5.74) is 2.48. The zero-order valence-electron chi connectivity index (χ0n) is 14.2. The van der Waals surface area contributed by atoms with Crippen molar-refractivity contribution in [2.45, 2.75) is 44.6 Å². The van der Waals surface area contributed by atoms with Crippen LogP contribution >= 0.6 is 0 Å². The number of rotatable bonds is 3. The molecular formula is C17H21F3N4O. The van der Waals surface area contributed by atoms with E-state index >= 15 is 0 Å². The number of hydrogen-bond donors (Lipinski definition) is 1. The number of amides is 1. The number of nitrogens with zero attached hydrogens (tertiary/aromatic N) is 3. The van der Waals surface area contributed by atoms with Crippen molar-refractivity contribution in [2.75, 3.05) is 6.54 Å². The lowest BCUT2D eigenvalue weighted by atomic mass is 9.96. The van der Waals surface area contributed by atoms with Crippen molar-refractivity contribution in [3.8, 4) is 0 Å². The minimum Gasteiger partial charge on any atom is -0.352 e. The van der Waals surface area contributed by atoms with Crippen LogP contribution in [0.5, 0.6) is 0 Å². The summed E-state index contributed by atoms with van der Waals surface area (Å²) in [6.45, 7) is 1.74. The number of piperidine rings is 1. The Balaban J connectivity index is 1.81. The van der Waals surface area contributed by atoms with Gasteiger partial charge in [-0.2, -0.15) is 13.2 Å². The number of aryl methyl sites for hydroxylation is 1. The molecule has 8 heteroatoms. The van der Waals surface area contributed by atoms with Crippen molar-refractivity contribution in [3.63, 3.8) is 0 Å². The SMILES string of the molecule is CC(=O)N[C@H]1CC[C@@H](C(F)(F)F)N(Cc2ccc3c(c2)ncn3C)C1. The molecule has 1 aliphatic heterocycles. The van der Waals surface area contributed by atoms with E-state index in [9.17, 15) is 18.0 Å². The number of likely N-dealkylation sites (tertiary alicyclic amines) is 1. The third-order valence-electron chi connectivity index (χ3n) is 4.64. The first-order valence-electron chi connectivity index (χ1n) is 8.22. The van der Waals surface area contributed by atoms with Crippen LogP contribution in [0.1, 0.15) is 25.3 Å². The van der Waals surface area contributed by atoms with Gasteiger partial charge in [0, 0.05) is 33.1 Å². The van der Waals surface area contributed by atoms with Gasteiger partial charge in [-0.05, 0) is 30.5 Å². The molecule has 1 N–H and O–H groups in total. The number of halogens is 3. The molecule has 0 bridgehead atoms. The third kappa shape index (κ3) is 3.95. The van der Waals surface area contributed by atoms with Crippen molar-refractivity contribution < 1.29 is 18.0 Å². The number of carbonyl (C=O) groups is 1. The molecule has 0 spiro atoms. The van der Waals surface area contributed by atoms with Gasteiger partial charge in [-0.25, -0.2) is 4.98 Å². The molecule has 136 valence electrons. The fourth-order valence-electron chi connectivity index (χ4n) is 3.51. The minimum absolute atomic E-state index is 0.0136. The van der Waals surface area contributed by atoms with Gasteiger partial charge in [-0.15, -0.1) is 0 Å². The zero-order valence-corrected chi connectivity index (χ0v) is 14.2. The second-order valence-corrected chi connectivity index (χ2v) is 6.64. The molecular weight excluding hydrogens is 333 g/mol. The van der Waals surface area contributed by atoms with E-state index in [1.54, 1.807) is 6.33 Å². The fourth-order valence-corrected chi connectivity index (χ4v) is 3.51. The van der Waals surface area contributed by atoms with Gasteiger partial charge in [0.25, 0.3) is 0 Å². The van der Waals surface area contributed by atoms with E-state index in [1.165, 1.54) is 11.8 Å². The number of alkyl halides is 3. The predicted molar refractivity (Wildman–Crippen MR) is 87.8 cm³/mol. The summed E-state index contributed by atoms with van der Waals surface area (Å²) in [5, 5.41) is 2.74. The Morgan fingerprint density at radius 2 is 2.12 bits per heavy atom. The van der Waals surface area contributed by atoms with Crippen LogP contribution in [0.2, 0.25) is 0 Å². The lowest BCUT2D eigenvalue weighted by molar-refractivity contribution is -0.194. The Hall–Kier alpha value is -2.09. The van der Waals surface area contributed by atoms with Crippen LogP contribution in [-0.2, 0) is 18.4 Å². The van der Waals surface area contributed by atoms with Crippen LogP contribution in [0.3, 0.4) is 0 Å². The van der Waals surface area contributed by atoms with E-state index in [4.69, 9.17) is 0 Å². The molecule has 2 heterocycles. The van der Waals surface area contributed by atoms with Crippen molar-refractivity contribution in [3.05, 3.63) is 30.1 Å². The largest absolute Gasteiger partial charge is 0.404 e. The normalized spacial score (nSPS) is 22.3. The fraction of sp³-hybridized carbons (Fsp3) is 0.529. The van der Waals surface area contributed by atoms with Crippen LogP contribution in [0.15, 0.2) is 24.5 Å². The quantitative estimate of drug-likeness (QED) is 0.922. The van der Waals surface area contributed by atoms with Gasteiger partial charge < -0.3 is 9.88 Å². The van der Waals surface area contributed by atoms with Crippen LogP contribution in [0, 0.1) is 0 Å². The second kappa shape index (κ2) is 6.67. The average molecular weight is 354 g/mol. The molecule has 1 amide bonds. The molecule has 1 fully saturated rings. The highest BCUT2D eigenvalue weighted by molar-refractivity contribution is 5.76. The number of aromatic nitrogens is 2. The number of benzene rings is 1. The van der Waals surface area contributed by atoms with Crippen molar-refractivity contribution in [2.24, 2.45) is 7.05 Å². The summed E-state index contributed by atoms with van der Waals surface area (Å²) in [5.74, 6) is -0.217. The summed E-state index contributed by atoms with van der Waals surface area (Å²) in [6, 6.07) is 3.78. The van der Waals surface area contributed by atoms with Gasteiger partial charge in [0.2, 0.25) is 5.91 Å². The monoisotopic (exact) mass is 354 g/mol. The average Bonchev–Trinajstić information content (AvgIpc) is 2.86. The Kier molecular flexibility index (Phi) is 4.73. The van der Waals surface area contributed by atoms with Gasteiger partial charge in [0.15, 0.2) is 0 Å². The molecule has 0 radical (unpaired) electrons. The summed E-state index contributed by atoms with van der Waals surface area (Å²) in [6.07, 6.45) is -2.28. The zero-order chi connectivity index (χ0) is 18.2. The van der Waals surface area contributed by atoms with E-state index < -0.39 is 12.2 Å². The standard InChI is InChI=1S/C17H21F3N4O/c1-11(25)22-13-4-6-16(17(18,19)20)24(9-13)8-12-3-5-15-14(7-12)21-10-23(15)2/h3,5,7,10,13,16H,4,6,8-9H2,1-2H3,(H,22,25)/t13-,16-/m0/s1. The second-order valence-electron chi connectivity index (χ2n) is 6.64. The Morgan fingerprint density at radius 1 is 1.36 bits per heavy atom. The number of hydrogen-bond acceptors (Lipinski definition) is 3. The summed E-state index contributed by atoms with van der Waals surface area (Å²) < 4.78 is 42.1. The first kappa shape index (κ1) is 17.7. The van der Waals surface area contributed by atoms with Gasteiger partial charge in [0.1, 0.15) is 6.04 Å². The first-order chi connectivity index (χ1) is 11.7. The van der Waals surface area contributed by atoms with E-state index in [0.717, 1.165) is 16.6 Å². The van der Waals surface area contributed by atoms with Crippen LogP contribution in [-0.4, -0.2) is 45.2 Å². The number of imidazole rings is 1. The lowest BCUT2D eigenvalue weighted by Crippen LogP contribution is -2.55. The highest BCUT2D eigenvalue weighted by Crippen LogP contribution is 2.33. The molecule has 0 saturated carbocycles. The molecule has 2 atom stereocenters. The van der Waals surface area contributed by atoms with Crippen molar-refractivity contribution in [1.82, 2.24) is 19.8 Å². The maximum atomic E-state index is 13.4. The highest BCUT2D eigenvalue weighted by atomic mass is 19.4. The predicted octanol–water partition coefficient (Wildman–Crippen LogP) is 2.60. The number of fused-ring (bicyclic) bond motifs is 1. The molecule has 0 aliphatic carbocycles. The van der Waals surface area contributed by atoms with Gasteiger partial charge in [0.05, 0.1) is 17.4 Å². The Morgan fingerprint density at radius 3 is 2.80 bits per heavy atom. The van der Waals surface area contributed by atoms with Gasteiger partial charge in [-0.1, -0.05) is 6.07 Å². The van der Waals surface area contributed by atoms with E-state index in [2.05, 4.69) is 10.3 Å². The van der Waals surface area contributed by atoms with E-state index in [0.29, 0.717) is 6.42 Å². The van der Waals surface area contributed by atoms with Crippen LogP contribution in [0.25, 0.3) is 11.0 Å². The van der Waals surface area contributed by atoms with Crippen LogP contribution < -0.4 is 5.32 Å². The molecule has 1 aromatic carbocycles. The summed E-state index contributed by atoms with van der Waals surface area (Å²) in [4.78, 5) is 16.9. The molecule has 25 heavy (non-hydrogen) atoms. The van der Waals surface area contributed by atoms with Crippen molar-refractivity contribution >= 4 is 16.9 Å². The molecule has 5 nitrogen and oxygen atoms in total. The molecule has 2 aromatic rings. The summed E-state index contributed by atoms with van der Waals surface area (Å²) >= 11 is 0. The number of carbonyl (C=O) groups excluding carboxylic acids is 1. The van der Waals surface area contributed by atoms with E-state index in [-0.39, 0.29) is 31.5 Å². The lowest BCUT2D eigenvalue weighted by Gasteiger charge is -2.40. The molecule has 3 rings (SSSR count). The Labute approximate surface area is 143 Å². The molecule has 1 saturated heterocycles. The smallest absolute Gasteiger partial charge is 0.352 e. The Bertz CT molecular complexity index is 771. The maximum Gasteiger partial charge on any atom is 0.404 e. The minimum atomic E-state index is -4.28. The number of nitrogens with one attached hydrogen (secondary N) is 1. The van der Waals surface area contributed by atoms with Gasteiger partial charge >= 0.3 is 6.18 Å². The molecule has 0 unspecified atom stereocenters. The van der Waals surface area contributed by atoms with Crippen LogP contribution in [0.4, 0.5) is 13.2 Å². The molecule has 1 aliphatic rings. The topological polar surface area (TPSA) is 50.2 Å². The highest BCUT2D eigenvalue weighted by Gasteiger charge is 2.46. The van der Waals surface area contributed by atoms with E-state index in [1.807, 2.05) is 29.8 Å². The molecule has 1 aromatic heterocycles. The summed E-state index contributed by atoms with van der Waals surface area (Å²) in [7, 11) is 1.87. The third-order valence-corrected chi connectivity index (χ3v) is 4.64. The van der Waals surface area contributed by atoms with Crippen molar-refractivity contribution in [1.29, 1.82) is 0 Å². The van der Waals surface area contributed by atoms with Gasteiger partial charge in [-0.3, -0.25) is 9.69 Å². The first-order valence-corrected chi connectivity index (χ1v) is 8.22. The maximum absolute atomic E-state index is 13.4.